The zero-order valence-corrected chi connectivity index (χ0v) is 41.9. The van der Waals surface area contributed by atoms with E-state index in [2.05, 4.69) is 192 Å². The number of pyridine rings is 1. The Morgan fingerprint density at radius 2 is 1.41 bits per heavy atom. The average Bonchev–Trinajstić information content (AvgIpc) is 4.04. The Bertz CT molecular complexity index is 2790. The van der Waals surface area contributed by atoms with E-state index in [0.717, 1.165) is 34.1 Å². The van der Waals surface area contributed by atoms with Gasteiger partial charge in [-0.15, -0.1) is 47.0 Å². The Hall–Kier alpha value is -4.84. The van der Waals surface area contributed by atoms with Gasteiger partial charge in [-0.25, -0.2) is 11.3 Å². The molecular formula is C57H58IrN3SSi. The fourth-order valence-electron chi connectivity index (χ4n) is 9.59. The van der Waals surface area contributed by atoms with E-state index in [1.807, 2.05) is 23.5 Å². The van der Waals surface area contributed by atoms with Gasteiger partial charge in [0.05, 0.1) is 8.07 Å². The summed E-state index contributed by atoms with van der Waals surface area (Å²) < 4.78 is 2.58. The minimum atomic E-state index is -1.35. The van der Waals surface area contributed by atoms with Gasteiger partial charge in [-0.2, -0.15) is 23.8 Å². The summed E-state index contributed by atoms with van der Waals surface area (Å²) in [7, 11) is -1.35. The Balaban J connectivity index is 0.000000201. The molecule has 1 atom stereocenters. The van der Waals surface area contributed by atoms with Gasteiger partial charge in [0.2, 0.25) is 0 Å². The van der Waals surface area contributed by atoms with Crippen LogP contribution in [0.2, 0.25) is 19.6 Å². The van der Waals surface area contributed by atoms with Gasteiger partial charge >= 0.3 is 20.1 Å². The molecule has 6 aromatic carbocycles. The molecule has 3 heterocycles. The maximum absolute atomic E-state index is 5.33. The van der Waals surface area contributed by atoms with Crippen molar-refractivity contribution >= 4 is 61.8 Å². The van der Waals surface area contributed by atoms with Crippen LogP contribution in [-0.4, -0.2) is 13.1 Å². The third-order valence-corrected chi connectivity index (χ3v) is 16.0. The van der Waals surface area contributed by atoms with Crippen molar-refractivity contribution in [2.75, 3.05) is 4.90 Å². The molecule has 0 amide bonds. The first kappa shape index (κ1) is 44.8. The van der Waals surface area contributed by atoms with Gasteiger partial charge in [0.15, 0.2) is 0 Å². The summed E-state index contributed by atoms with van der Waals surface area (Å²) in [4.78, 5) is 7.24. The molecule has 0 saturated heterocycles. The van der Waals surface area contributed by atoms with Crippen LogP contribution in [0.25, 0.3) is 47.9 Å². The van der Waals surface area contributed by atoms with Gasteiger partial charge in [-0.05, 0) is 93.1 Å². The largest absolute Gasteiger partial charge is 3.00 e. The molecular weight excluding hydrogens is 979 g/mol. The van der Waals surface area contributed by atoms with Crippen LogP contribution < -0.4 is 10.1 Å². The van der Waals surface area contributed by atoms with E-state index in [-0.39, 0.29) is 26.3 Å². The predicted molar refractivity (Wildman–Crippen MR) is 270 cm³/mol. The van der Waals surface area contributed by atoms with Crippen LogP contribution in [-0.2, 0) is 26.5 Å². The van der Waals surface area contributed by atoms with Crippen LogP contribution in [0.5, 0.6) is 0 Å². The third kappa shape index (κ3) is 9.38. The normalized spacial score (nSPS) is 15.1. The smallest absolute Gasteiger partial charge is 0.661 e. The molecule has 1 saturated carbocycles. The summed E-state index contributed by atoms with van der Waals surface area (Å²) >= 11 is 1.83. The number of aromatic nitrogens is 1. The number of hydrogen-bond acceptors (Lipinski definition) is 3. The maximum Gasteiger partial charge on any atom is 3.00 e. The van der Waals surface area contributed by atoms with Crippen molar-refractivity contribution in [3.63, 3.8) is 0 Å². The second-order valence-electron chi connectivity index (χ2n) is 18.9. The molecule has 1 aliphatic heterocycles. The number of rotatable bonds is 9. The molecule has 320 valence electrons. The van der Waals surface area contributed by atoms with Crippen molar-refractivity contribution in [2.24, 2.45) is 5.92 Å². The monoisotopic (exact) mass is 1040 g/mol. The number of para-hydroxylation sites is 2. The number of benzene rings is 6. The fraction of sp³-hybridized carbons (Fsp3) is 0.281. The van der Waals surface area contributed by atoms with Crippen LogP contribution in [0.3, 0.4) is 0 Å². The minimum absolute atomic E-state index is 0. The van der Waals surface area contributed by atoms with Gasteiger partial charge in [-0.3, -0.25) is 0 Å². The second-order valence-corrected chi connectivity index (χ2v) is 25.0. The van der Waals surface area contributed by atoms with Gasteiger partial charge in [0.1, 0.15) is 0 Å². The maximum atomic E-state index is 5.33. The number of fused-ring (bicyclic) bond motifs is 4. The van der Waals surface area contributed by atoms with E-state index >= 15 is 0 Å². The molecule has 2 aromatic heterocycles. The first-order valence-electron chi connectivity index (χ1n) is 22.6. The molecule has 0 radical (unpaired) electrons. The molecule has 0 spiro atoms. The molecule has 6 heteroatoms. The first-order valence-corrected chi connectivity index (χ1v) is 27.0. The van der Waals surface area contributed by atoms with Crippen molar-refractivity contribution < 1.29 is 20.1 Å². The van der Waals surface area contributed by atoms with Crippen molar-refractivity contribution in [3.05, 3.63) is 179 Å². The molecule has 1 fully saturated rings. The standard InChI is InChI=1S/C37H32N2S.C20H26NSi.Ir/c1-23(2)29-21-27(25-12-6-5-7-13-25)22-30(24(3)4)36(29)39-33-16-10-9-15-32(33)38-37(39)26-18-19-35-31(20-26)28-14-8-11-17-34(28)40-35;1-22(2,3)20-15-21-19(17-11-5-4-6-12-17)14-18(20)13-16-9-7-8-10-16;/h5-17,19-24,37H,1-4H3;4-6,11,14-16H,7-10,13H2,1-3H3;/q-2;-1;+3. The summed E-state index contributed by atoms with van der Waals surface area (Å²) in [5.41, 5.74) is 13.5. The van der Waals surface area contributed by atoms with Crippen LogP contribution >= 0.6 is 11.3 Å². The molecule has 8 aromatic rings. The van der Waals surface area contributed by atoms with E-state index in [1.165, 1.54) is 80.2 Å². The zero-order valence-electron chi connectivity index (χ0n) is 37.7. The van der Waals surface area contributed by atoms with E-state index in [0.29, 0.717) is 11.8 Å². The Morgan fingerprint density at radius 3 is 2.11 bits per heavy atom. The van der Waals surface area contributed by atoms with Crippen molar-refractivity contribution in [2.45, 2.75) is 97.4 Å². The van der Waals surface area contributed by atoms with E-state index in [1.54, 1.807) is 10.8 Å². The Labute approximate surface area is 394 Å². The molecule has 2 aliphatic rings. The predicted octanol–water partition coefficient (Wildman–Crippen LogP) is 16.4. The molecule has 0 N–H and O–H groups in total. The SMILES string of the molecule is CC(C)c1cc(-c2ccccc2)cc(C(C)C)c1N1c2ccccc2[N-]C1c1[c-]cc2sc3ccccc3c2c1.C[Si](C)(C)c1cnc(-c2[c-]cccc2)cc1CC1CCCC1.[Ir+3]. The number of hydrogen-bond donors (Lipinski definition) is 0. The summed E-state index contributed by atoms with van der Waals surface area (Å²) in [5.74, 6) is 1.57. The Morgan fingerprint density at radius 1 is 0.730 bits per heavy atom. The van der Waals surface area contributed by atoms with Crippen LogP contribution in [0.15, 0.2) is 140 Å². The molecule has 1 unspecified atom stereocenters. The van der Waals surface area contributed by atoms with Gasteiger partial charge in [0, 0.05) is 22.3 Å². The molecule has 0 bridgehead atoms. The van der Waals surface area contributed by atoms with E-state index in [9.17, 15) is 0 Å². The number of anilines is 2. The molecule has 63 heavy (non-hydrogen) atoms. The van der Waals surface area contributed by atoms with E-state index in [4.69, 9.17) is 10.3 Å². The van der Waals surface area contributed by atoms with Crippen LogP contribution in [0.4, 0.5) is 17.1 Å². The van der Waals surface area contributed by atoms with Crippen LogP contribution in [0.1, 0.15) is 93.6 Å². The van der Waals surface area contributed by atoms with Crippen molar-refractivity contribution in [3.8, 4) is 22.4 Å². The summed E-state index contributed by atoms with van der Waals surface area (Å²) in [6.45, 7) is 16.5. The van der Waals surface area contributed by atoms with Crippen molar-refractivity contribution in [1.82, 2.24) is 4.98 Å². The topological polar surface area (TPSA) is 30.2 Å². The number of thiophene rings is 1. The molecule has 10 rings (SSSR count). The molecule has 3 nitrogen and oxygen atoms in total. The zero-order chi connectivity index (χ0) is 43.0. The van der Waals surface area contributed by atoms with Gasteiger partial charge in [-0.1, -0.05) is 156 Å². The average molecular weight is 1040 g/mol. The fourth-order valence-corrected chi connectivity index (χ4v) is 12.2. The minimum Gasteiger partial charge on any atom is -0.661 e. The Kier molecular flexibility index (Phi) is 13.6. The summed E-state index contributed by atoms with van der Waals surface area (Å²) in [5, 5.41) is 9.46. The first-order chi connectivity index (χ1) is 30.0. The quantitative estimate of drug-likeness (QED) is 0.107. The second kappa shape index (κ2) is 19.1. The number of nitrogens with zero attached hydrogens (tertiary/aromatic N) is 3. The van der Waals surface area contributed by atoms with Gasteiger partial charge in [0.25, 0.3) is 0 Å². The summed E-state index contributed by atoms with van der Waals surface area (Å²) in [6.07, 6.45) is 8.85. The van der Waals surface area contributed by atoms with Crippen molar-refractivity contribution in [1.29, 1.82) is 0 Å². The summed E-state index contributed by atoms with van der Waals surface area (Å²) in [6, 6.07) is 54.8. The third-order valence-electron chi connectivity index (χ3n) is 12.8. The van der Waals surface area contributed by atoms with Gasteiger partial charge < -0.3 is 15.2 Å². The van der Waals surface area contributed by atoms with Crippen LogP contribution in [0, 0.1) is 18.1 Å². The van der Waals surface area contributed by atoms with E-state index < -0.39 is 8.07 Å². The molecule has 1 aliphatic carbocycles.